The van der Waals surface area contributed by atoms with E-state index in [2.05, 4.69) is 84.2 Å². The third-order valence-corrected chi connectivity index (χ3v) is 4.98. The monoisotopic (exact) mass is 329 g/mol. The van der Waals surface area contributed by atoms with Gasteiger partial charge in [0, 0.05) is 0 Å². The molecule has 1 aliphatic rings. The summed E-state index contributed by atoms with van der Waals surface area (Å²) in [4.78, 5) is 0. The SMILES string of the molecule is CN[C@H]1Cc2ccccc2[C@H]1Oc1ccc(Cc2ccccc2)cc1. The number of nitrogens with one attached hydrogen (secondary N) is 1. The highest BCUT2D eigenvalue weighted by atomic mass is 16.5. The molecule has 2 nitrogen and oxygen atoms in total. The van der Waals surface area contributed by atoms with E-state index in [4.69, 9.17) is 4.74 Å². The van der Waals surface area contributed by atoms with E-state index in [0.717, 1.165) is 18.6 Å². The van der Waals surface area contributed by atoms with Gasteiger partial charge in [0.05, 0.1) is 6.04 Å². The fourth-order valence-electron chi connectivity index (χ4n) is 3.62. The Morgan fingerprint density at radius 1 is 0.840 bits per heavy atom. The molecule has 0 bridgehead atoms. The second kappa shape index (κ2) is 7.12. The van der Waals surface area contributed by atoms with Crippen molar-refractivity contribution in [3.05, 3.63) is 101 Å². The first-order valence-corrected chi connectivity index (χ1v) is 8.88. The highest BCUT2D eigenvalue weighted by Crippen LogP contribution is 2.35. The Morgan fingerprint density at radius 3 is 2.28 bits per heavy atom. The van der Waals surface area contributed by atoms with Gasteiger partial charge in [0.2, 0.25) is 0 Å². The Morgan fingerprint density at radius 2 is 1.52 bits per heavy atom. The van der Waals surface area contributed by atoms with E-state index < -0.39 is 0 Å². The van der Waals surface area contributed by atoms with Crippen LogP contribution in [0.3, 0.4) is 0 Å². The van der Waals surface area contributed by atoms with E-state index in [-0.39, 0.29) is 6.10 Å². The van der Waals surface area contributed by atoms with Crippen molar-refractivity contribution in [1.29, 1.82) is 0 Å². The van der Waals surface area contributed by atoms with E-state index in [9.17, 15) is 0 Å². The van der Waals surface area contributed by atoms with Crippen molar-refractivity contribution < 1.29 is 4.74 Å². The molecule has 0 fully saturated rings. The van der Waals surface area contributed by atoms with Gasteiger partial charge in [-0.3, -0.25) is 0 Å². The zero-order chi connectivity index (χ0) is 17.1. The van der Waals surface area contributed by atoms with Gasteiger partial charge in [-0.25, -0.2) is 0 Å². The van der Waals surface area contributed by atoms with E-state index in [1.165, 1.54) is 22.3 Å². The summed E-state index contributed by atoms with van der Waals surface area (Å²) in [5.74, 6) is 0.929. The van der Waals surface area contributed by atoms with E-state index in [0.29, 0.717) is 6.04 Å². The summed E-state index contributed by atoms with van der Waals surface area (Å²) in [7, 11) is 2.01. The van der Waals surface area contributed by atoms with Crippen LogP contribution in [0.2, 0.25) is 0 Å². The molecule has 0 aliphatic heterocycles. The minimum atomic E-state index is 0.0705. The lowest BCUT2D eigenvalue weighted by atomic mass is 10.1. The molecule has 1 aliphatic carbocycles. The molecule has 1 N–H and O–H groups in total. The predicted molar refractivity (Wildman–Crippen MR) is 102 cm³/mol. The minimum absolute atomic E-state index is 0.0705. The smallest absolute Gasteiger partial charge is 0.140 e. The number of hydrogen-bond donors (Lipinski definition) is 1. The first-order chi connectivity index (χ1) is 12.3. The Balaban J connectivity index is 1.49. The van der Waals surface area contributed by atoms with Crippen LogP contribution in [0.5, 0.6) is 5.75 Å². The Kier molecular flexibility index (Phi) is 4.53. The highest BCUT2D eigenvalue weighted by molar-refractivity contribution is 5.38. The van der Waals surface area contributed by atoms with Crippen LogP contribution < -0.4 is 10.1 Å². The summed E-state index contributed by atoms with van der Waals surface area (Å²) < 4.78 is 6.35. The molecule has 0 radical (unpaired) electrons. The molecule has 2 heteroatoms. The lowest BCUT2D eigenvalue weighted by Gasteiger charge is -2.22. The zero-order valence-corrected chi connectivity index (χ0v) is 14.5. The number of fused-ring (bicyclic) bond motifs is 1. The van der Waals surface area contributed by atoms with Gasteiger partial charge in [0.25, 0.3) is 0 Å². The van der Waals surface area contributed by atoms with Gasteiger partial charge in [-0.1, -0.05) is 66.7 Å². The molecule has 0 saturated heterocycles. The quantitative estimate of drug-likeness (QED) is 0.742. The van der Waals surface area contributed by atoms with Gasteiger partial charge in [-0.2, -0.15) is 0 Å². The highest BCUT2D eigenvalue weighted by Gasteiger charge is 2.32. The molecular weight excluding hydrogens is 306 g/mol. The molecule has 0 saturated carbocycles. The van der Waals surface area contributed by atoms with Crippen molar-refractivity contribution in [2.24, 2.45) is 0 Å². The molecule has 4 rings (SSSR count). The van der Waals surface area contributed by atoms with Crippen LogP contribution in [0.25, 0.3) is 0 Å². The van der Waals surface area contributed by atoms with Crippen molar-refractivity contribution in [3.8, 4) is 5.75 Å². The molecule has 0 aromatic heterocycles. The average molecular weight is 329 g/mol. The molecule has 3 aromatic rings. The summed E-state index contributed by atoms with van der Waals surface area (Å²) in [6.07, 6.45) is 2.04. The van der Waals surface area contributed by atoms with Gasteiger partial charge in [-0.05, 0) is 54.3 Å². The summed E-state index contributed by atoms with van der Waals surface area (Å²) in [6.45, 7) is 0. The van der Waals surface area contributed by atoms with Crippen LogP contribution in [-0.4, -0.2) is 13.1 Å². The number of benzene rings is 3. The first-order valence-electron chi connectivity index (χ1n) is 8.88. The summed E-state index contributed by atoms with van der Waals surface area (Å²) in [5, 5.41) is 3.40. The standard InChI is InChI=1S/C23H23NO/c1-24-22-16-19-9-5-6-10-21(19)23(22)25-20-13-11-18(12-14-20)15-17-7-3-2-4-8-17/h2-14,22-24H,15-16H2,1H3/t22-,23+/m0/s1. The lowest BCUT2D eigenvalue weighted by molar-refractivity contribution is 0.172. The molecule has 0 amide bonds. The molecule has 25 heavy (non-hydrogen) atoms. The molecule has 2 atom stereocenters. The molecule has 0 unspecified atom stereocenters. The summed E-state index contributed by atoms with van der Waals surface area (Å²) in [6, 6.07) is 28.0. The van der Waals surface area contributed by atoms with Crippen molar-refractivity contribution in [2.45, 2.75) is 25.0 Å². The summed E-state index contributed by atoms with van der Waals surface area (Å²) in [5.41, 5.74) is 5.31. The topological polar surface area (TPSA) is 21.3 Å². The Bertz CT molecular complexity index is 826. The third-order valence-electron chi connectivity index (χ3n) is 4.98. The van der Waals surface area contributed by atoms with Gasteiger partial charge >= 0.3 is 0 Å². The van der Waals surface area contributed by atoms with Crippen LogP contribution >= 0.6 is 0 Å². The molecule has 126 valence electrons. The van der Waals surface area contributed by atoms with E-state index in [1.807, 2.05) is 7.05 Å². The second-order valence-corrected chi connectivity index (χ2v) is 6.64. The maximum Gasteiger partial charge on any atom is 0.140 e. The molecule has 0 heterocycles. The minimum Gasteiger partial charge on any atom is -0.484 e. The van der Waals surface area contributed by atoms with E-state index in [1.54, 1.807) is 0 Å². The van der Waals surface area contributed by atoms with Gasteiger partial charge < -0.3 is 10.1 Å². The van der Waals surface area contributed by atoms with Crippen molar-refractivity contribution in [1.82, 2.24) is 5.32 Å². The largest absolute Gasteiger partial charge is 0.484 e. The van der Waals surface area contributed by atoms with Crippen molar-refractivity contribution in [2.75, 3.05) is 7.05 Å². The van der Waals surface area contributed by atoms with Crippen LogP contribution in [-0.2, 0) is 12.8 Å². The maximum absolute atomic E-state index is 6.35. The fraction of sp³-hybridized carbons (Fsp3) is 0.217. The van der Waals surface area contributed by atoms with Crippen LogP contribution in [0.15, 0.2) is 78.9 Å². The molecule has 0 spiro atoms. The number of likely N-dealkylation sites (N-methyl/N-ethyl adjacent to an activating group) is 1. The predicted octanol–water partition coefficient (Wildman–Crippen LogP) is 4.54. The van der Waals surface area contributed by atoms with Crippen LogP contribution in [0.1, 0.15) is 28.4 Å². The third kappa shape index (κ3) is 3.45. The molecule has 3 aromatic carbocycles. The zero-order valence-electron chi connectivity index (χ0n) is 14.5. The normalized spacial score (nSPS) is 18.8. The van der Waals surface area contributed by atoms with Gasteiger partial charge in [-0.15, -0.1) is 0 Å². The number of ether oxygens (including phenoxy) is 1. The lowest BCUT2D eigenvalue weighted by Crippen LogP contribution is -2.32. The second-order valence-electron chi connectivity index (χ2n) is 6.64. The van der Waals surface area contributed by atoms with E-state index >= 15 is 0 Å². The Hall–Kier alpha value is -2.58. The van der Waals surface area contributed by atoms with Crippen molar-refractivity contribution in [3.63, 3.8) is 0 Å². The van der Waals surface area contributed by atoms with Gasteiger partial charge in [0.15, 0.2) is 0 Å². The summed E-state index contributed by atoms with van der Waals surface area (Å²) >= 11 is 0. The fourth-order valence-corrected chi connectivity index (χ4v) is 3.62. The van der Waals surface area contributed by atoms with Crippen LogP contribution in [0.4, 0.5) is 0 Å². The van der Waals surface area contributed by atoms with Crippen LogP contribution in [0, 0.1) is 0 Å². The molecular formula is C23H23NO. The maximum atomic E-state index is 6.35. The number of hydrogen-bond acceptors (Lipinski definition) is 2. The average Bonchev–Trinajstić information content (AvgIpc) is 3.02. The van der Waals surface area contributed by atoms with Crippen molar-refractivity contribution >= 4 is 0 Å². The number of rotatable bonds is 5. The van der Waals surface area contributed by atoms with Gasteiger partial charge in [0.1, 0.15) is 11.9 Å². The Labute approximate surface area is 149 Å². The first kappa shape index (κ1) is 15.9.